The third-order valence-electron chi connectivity index (χ3n) is 5.57. The summed E-state index contributed by atoms with van der Waals surface area (Å²) in [7, 11) is 0. The standard InChI is InChI=1S/C22H23NO2/c1-13(2)14-6-8-15(9-7-14)21-18-5-3-4-17(18)19-12-16(22(24)25)10-11-20(19)23-21/h3-4,6-13,17-18,21,23H,5H2,1-2H3,(H,24,25)/t17?,18?,21-/m1/s1. The molecule has 25 heavy (non-hydrogen) atoms. The number of benzene rings is 2. The minimum absolute atomic E-state index is 0.254. The van der Waals surface area contributed by atoms with Gasteiger partial charge in [-0.25, -0.2) is 4.79 Å². The van der Waals surface area contributed by atoms with Crippen LogP contribution in [0.25, 0.3) is 0 Å². The molecule has 128 valence electrons. The van der Waals surface area contributed by atoms with Crippen LogP contribution in [-0.2, 0) is 0 Å². The molecule has 2 aliphatic rings. The van der Waals surface area contributed by atoms with Crippen molar-refractivity contribution in [2.75, 3.05) is 5.32 Å². The van der Waals surface area contributed by atoms with Crippen molar-refractivity contribution in [3.63, 3.8) is 0 Å². The van der Waals surface area contributed by atoms with E-state index in [0.29, 0.717) is 17.4 Å². The number of carbonyl (C=O) groups is 1. The van der Waals surface area contributed by atoms with Crippen molar-refractivity contribution in [3.05, 3.63) is 76.9 Å². The Morgan fingerprint density at radius 1 is 1.16 bits per heavy atom. The highest BCUT2D eigenvalue weighted by atomic mass is 16.4. The van der Waals surface area contributed by atoms with Crippen LogP contribution in [0, 0.1) is 5.92 Å². The smallest absolute Gasteiger partial charge is 0.335 e. The first kappa shape index (κ1) is 15.9. The summed E-state index contributed by atoms with van der Waals surface area (Å²) in [6.45, 7) is 4.42. The highest BCUT2D eigenvalue weighted by molar-refractivity contribution is 5.89. The summed E-state index contributed by atoms with van der Waals surface area (Å²) in [5, 5.41) is 13.0. The van der Waals surface area contributed by atoms with Gasteiger partial charge in [-0.15, -0.1) is 0 Å². The summed E-state index contributed by atoms with van der Waals surface area (Å²) >= 11 is 0. The fraction of sp³-hybridized carbons (Fsp3) is 0.318. The highest BCUT2D eigenvalue weighted by Gasteiger charge is 2.38. The van der Waals surface area contributed by atoms with E-state index in [9.17, 15) is 9.90 Å². The van der Waals surface area contributed by atoms with Gasteiger partial charge in [0, 0.05) is 11.6 Å². The van der Waals surface area contributed by atoms with Gasteiger partial charge >= 0.3 is 5.97 Å². The molecular formula is C22H23NO2. The van der Waals surface area contributed by atoms with E-state index in [0.717, 1.165) is 17.7 Å². The second-order valence-corrected chi connectivity index (χ2v) is 7.40. The molecule has 2 aromatic carbocycles. The average molecular weight is 333 g/mol. The molecule has 0 aromatic heterocycles. The fourth-order valence-corrected chi connectivity index (χ4v) is 4.15. The number of hydrogen-bond donors (Lipinski definition) is 2. The van der Waals surface area contributed by atoms with Crippen LogP contribution in [0.5, 0.6) is 0 Å². The number of nitrogens with one attached hydrogen (secondary N) is 1. The third-order valence-corrected chi connectivity index (χ3v) is 5.57. The molecule has 2 N–H and O–H groups in total. The molecule has 0 radical (unpaired) electrons. The Hall–Kier alpha value is -2.55. The highest BCUT2D eigenvalue weighted by Crippen LogP contribution is 2.50. The molecule has 1 heterocycles. The number of hydrogen-bond acceptors (Lipinski definition) is 2. The normalized spacial score (nSPS) is 23.9. The number of allylic oxidation sites excluding steroid dienone is 2. The molecule has 0 spiro atoms. The Morgan fingerprint density at radius 3 is 2.60 bits per heavy atom. The molecule has 0 amide bonds. The lowest BCUT2D eigenvalue weighted by Crippen LogP contribution is -2.29. The van der Waals surface area contributed by atoms with Crippen LogP contribution in [0.2, 0.25) is 0 Å². The minimum Gasteiger partial charge on any atom is -0.478 e. The van der Waals surface area contributed by atoms with Gasteiger partial charge in [0.2, 0.25) is 0 Å². The Morgan fingerprint density at radius 2 is 1.92 bits per heavy atom. The molecule has 4 rings (SSSR count). The van der Waals surface area contributed by atoms with E-state index in [2.05, 4.69) is 55.6 Å². The molecule has 2 aromatic rings. The topological polar surface area (TPSA) is 49.3 Å². The zero-order valence-electron chi connectivity index (χ0n) is 14.6. The largest absolute Gasteiger partial charge is 0.478 e. The van der Waals surface area contributed by atoms with Crippen molar-refractivity contribution in [2.24, 2.45) is 5.92 Å². The van der Waals surface area contributed by atoms with Crippen LogP contribution in [0.15, 0.2) is 54.6 Å². The summed E-state index contributed by atoms with van der Waals surface area (Å²) in [6, 6.07) is 14.6. The quantitative estimate of drug-likeness (QED) is 0.746. The second kappa shape index (κ2) is 6.07. The maximum absolute atomic E-state index is 11.3. The van der Waals surface area contributed by atoms with E-state index in [1.54, 1.807) is 6.07 Å². The first-order valence-electron chi connectivity index (χ1n) is 8.95. The first-order valence-corrected chi connectivity index (χ1v) is 8.95. The average Bonchev–Trinajstić information content (AvgIpc) is 3.10. The first-order chi connectivity index (χ1) is 12.0. The van der Waals surface area contributed by atoms with Crippen molar-refractivity contribution in [2.45, 2.75) is 38.1 Å². The zero-order valence-corrected chi connectivity index (χ0v) is 14.6. The lowest BCUT2D eigenvalue weighted by molar-refractivity contribution is 0.0696. The molecule has 1 aliphatic heterocycles. The van der Waals surface area contributed by atoms with E-state index in [4.69, 9.17) is 0 Å². The predicted molar refractivity (Wildman–Crippen MR) is 100 cm³/mol. The van der Waals surface area contributed by atoms with Gasteiger partial charge in [0.1, 0.15) is 0 Å². The predicted octanol–water partition coefficient (Wildman–Crippen LogP) is 5.33. The van der Waals surface area contributed by atoms with E-state index in [1.165, 1.54) is 11.1 Å². The number of rotatable bonds is 3. The van der Waals surface area contributed by atoms with Crippen molar-refractivity contribution in [1.82, 2.24) is 0 Å². The van der Waals surface area contributed by atoms with E-state index < -0.39 is 5.97 Å². The van der Waals surface area contributed by atoms with Gasteiger partial charge in [0.05, 0.1) is 11.6 Å². The molecule has 3 heteroatoms. The van der Waals surface area contributed by atoms with Gasteiger partial charge < -0.3 is 10.4 Å². The molecule has 3 nitrogen and oxygen atoms in total. The number of carboxylic acid groups (broad SMARTS) is 1. The maximum atomic E-state index is 11.3. The van der Waals surface area contributed by atoms with Crippen molar-refractivity contribution in [3.8, 4) is 0 Å². The van der Waals surface area contributed by atoms with Crippen LogP contribution in [0.4, 0.5) is 5.69 Å². The molecule has 2 unspecified atom stereocenters. The van der Waals surface area contributed by atoms with Gasteiger partial charge in [-0.2, -0.15) is 0 Å². The Labute approximate surface area is 148 Å². The fourth-order valence-electron chi connectivity index (χ4n) is 4.15. The van der Waals surface area contributed by atoms with Crippen LogP contribution >= 0.6 is 0 Å². The zero-order chi connectivity index (χ0) is 17.6. The summed E-state index contributed by atoms with van der Waals surface area (Å²) in [5.41, 5.74) is 5.17. The molecule has 0 fully saturated rings. The Kier molecular flexibility index (Phi) is 3.87. The number of anilines is 1. The van der Waals surface area contributed by atoms with Gasteiger partial charge in [-0.1, -0.05) is 50.3 Å². The minimum atomic E-state index is -0.868. The lowest BCUT2D eigenvalue weighted by atomic mass is 9.76. The molecular weight excluding hydrogens is 310 g/mol. The Balaban J connectivity index is 1.71. The second-order valence-electron chi connectivity index (χ2n) is 7.40. The maximum Gasteiger partial charge on any atom is 0.335 e. The van der Waals surface area contributed by atoms with Crippen molar-refractivity contribution in [1.29, 1.82) is 0 Å². The molecule has 3 atom stereocenters. The molecule has 0 bridgehead atoms. The molecule has 0 saturated heterocycles. The van der Waals surface area contributed by atoms with Gasteiger partial charge in [-0.05, 0) is 53.1 Å². The van der Waals surface area contributed by atoms with Crippen LogP contribution in [0.1, 0.15) is 65.2 Å². The van der Waals surface area contributed by atoms with E-state index in [1.807, 2.05) is 12.1 Å². The van der Waals surface area contributed by atoms with E-state index in [-0.39, 0.29) is 12.0 Å². The van der Waals surface area contributed by atoms with Gasteiger partial charge in [0.15, 0.2) is 0 Å². The summed E-state index contributed by atoms with van der Waals surface area (Å²) in [5.74, 6) is 0.379. The monoisotopic (exact) mass is 333 g/mol. The summed E-state index contributed by atoms with van der Waals surface area (Å²) in [6.07, 6.45) is 5.49. The van der Waals surface area contributed by atoms with E-state index >= 15 is 0 Å². The van der Waals surface area contributed by atoms with Crippen molar-refractivity contribution >= 4 is 11.7 Å². The summed E-state index contributed by atoms with van der Waals surface area (Å²) in [4.78, 5) is 11.3. The molecule has 1 aliphatic carbocycles. The number of fused-ring (bicyclic) bond motifs is 3. The van der Waals surface area contributed by atoms with Crippen LogP contribution in [0.3, 0.4) is 0 Å². The number of aromatic carboxylic acids is 1. The SMILES string of the molecule is CC(C)c1ccc([C@H]2Nc3ccc(C(=O)O)cc3C3C=CCC32)cc1. The lowest BCUT2D eigenvalue weighted by Gasteiger charge is -2.37. The molecule has 0 saturated carbocycles. The summed E-state index contributed by atoms with van der Waals surface area (Å²) < 4.78 is 0. The Bertz CT molecular complexity index is 836. The van der Waals surface area contributed by atoms with Gasteiger partial charge in [-0.3, -0.25) is 0 Å². The van der Waals surface area contributed by atoms with Crippen molar-refractivity contribution < 1.29 is 9.90 Å². The van der Waals surface area contributed by atoms with Crippen LogP contribution < -0.4 is 5.32 Å². The van der Waals surface area contributed by atoms with Crippen LogP contribution in [-0.4, -0.2) is 11.1 Å². The number of carboxylic acids is 1. The van der Waals surface area contributed by atoms with Gasteiger partial charge in [0.25, 0.3) is 0 Å². The third kappa shape index (κ3) is 2.74.